The van der Waals surface area contributed by atoms with Crippen molar-refractivity contribution in [3.8, 4) is 0 Å². The number of alkyl halides is 3. The van der Waals surface area contributed by atoms with Crippen molar-refractivity contribution in [1.29, 1.82) is 0 Å². The van der Waals surface area contributed by atoms with Gasteiger partial charge in [0.05, 0.1) is 30.9 Å². The van der Waals surface area contributed by atoms with Gasteiger partial charge in [-0.1, -0.05) is 0 Å². The van der Waals surface area contributed by atoms with Crippen LogP contribution in [0.4, 0.5) is 18.0 Å². The molecule has 9 heteroatoms. The van der Waals surface area contributed by atoms with Gasteiger partial charge in [-0.3, -0.25) is 0 Å². The van der Waals surface area contributed by atoms with Gasteiger partial charge < -0.3 is 15.0 Å². The normalized spacial score (nSPS) is 20.8. The molecule has 0 saturated carbocycles. The van der Waals surface area contributed by atoms with Crippen LogP contribution in [-0.2, 0) is 11.3 Å². The number of nitrogens with zero attached hydrogens (tertiary/aromatic N) is 3. The van der Waals surface area contributed by atoms with Crippen molar-refractivity contribution in [2.24, 2.45) is 0 Å². The molecule has 2 rings (SSSR count). The van der Waals surface area contributed by atoms with Gasteiger partial charge in [-0.2, -0.15) is 13.2 Å². The molecule has 24 heavy (non-hydrogen) atoms. The van der Waals surface area contributed by atoms with Crippen LogP contribution in [0.2, 0.25) is 0 Å². The summed E-state index contributed by atoms with van der Waals surface area (Å²) in [5.41, 5.74) is 0.294. The first-order chi connectivity index (χ1) is 11.0. The highest BCUT2D eigenvalue weighted by Gasteiger charge is 2.49. The Hall–Kier alpha value is -1.90. The van der Waals surface area contributed by atoms with Gasteiger partial charge >= 0.3 is 12.2 Å². The lowest BCUT2D eigenvalue weighted by molar-refractivity contribution is -0.267. The average Bonchev–Trinajstić information content (AvgIpc) is 2.41. The monoisotopic (exact) mass is 346 g/mol. The molecule has 1 atom stereocenters. The van der Waals surface area contributed by atoms with E-state index in [-0.39, 0.29) is 13.1 Å². The van der Waals surface area contributed by atoms with Crippen LogP contribution in [-0.4, -0.2) is 51.9 Å². The van der Waals surface area contributed by atoms with E-state index in [4.69, 9.17) is 4.74 Å². The van der Waals surface area contributed by atoms with Gasteiger partial charge in [-0.05, 0) is 33.8 Å². The fraction of sp³-hybridized carbons (Fsp3) is 0.667. The number of carbonyl (C=O) groups excluding carboxylic acids is 1. The standard InChI is InChI=1S/C15H21F3N4O2/c1-9-5-11(21-10(2)20-9)6-19-13(23)22-7-12(15(16,17)18)24-14(3,4)8-22/h5,12H,6-8H2,1-4H3,(H,19,23)/t12-/m1/s1. The Balaban J connectivity index is 2.02. The quantitative estimate of drug-likeness (QED) is 0.893. The molecule has 1 aliphatic heterocycles. The number of aryl methyl sites for hydroxylation is 2. The number of amides is 2. The van der Waals surface area contributed by atoms with Crippen LogP contribution < -0.4 is 5.32 Å². The topological polar surface area (TPSA) is 67.4 Å². The largest absolute Gasteiger partial charge is 0.416 e. The van der Waals surface area contributed by atoms with Gasteiger partial charge in [-0.15, -0.1) is 0 Å². The second-order valence-electron chi connectivity index (χ2n) is 6.49. The van der Waals surface area contributed by atoms with Gasteiger partial charge in [-0.25, -0.2) is 14.8 Å². The molecular formula is C15H21F3N4O2. The van der Waals surface area contributed by atoms with Crippen LogP contribution in [0.5, 0.6) is 0 Å². The van der Waals surface area contributed by atoms with E-state index in [0.29, 0.717) is 11.5 Å². The zero-order valence-corrected chi connectivity index (χ0v) is 14.1. The Morgan fingerprint density at radius 3 is 2.67 bits per heavy atom. The number of aromatic nitrogens is 2. The molecule has 1 aromatic rings. The summed E-state index contributed by atoms with van der Waals surface area (Å²) >= 11 is 0. The summed E-state index contributed by atoms with van der Waals surface area (Å²) in [6.45, 7) is 6.27. The Kier molecular flexibility index (Phi) is 5.03. The molecule has 0 radical (unpaired) electrons. The van der Waals surface area contributed by atoms with Crippen LogP contribution in [0.15, 0.2) is 6.07 Å². The Labute approximate surface area is 138 Å². The first kappa shape index (κ1) is 18.4. The highest BCUT2D eigenvalue weighted by atomic mass is 19.4. The maximum Gasteiger partial charge on any atom is 0.416 e. The van der Waals surface area contributed by atoms with Crippen molar-refractivity contribution < 1.29 is 22.7 Å². The predicted molar refractivity (Wildman–Crippen MR) is 80.3 cm³/mol. The molecule has 0 spiro atoms. The molecule has 0 aliphatic carbocycles. The number of ether oxygens (including phenoxy) is 1. The number of nitrogens with one attached hydrogen (secondary N) is 1. The van der Waals surface area contributed by atoms with Gasteiger partial charge in [0.2, 0.25) is 0 Å². The summed E-state index contributed by atoms with van der Waals surface area (Å²) in [6, 6.07) is 1.14. The molecule has 0 bridgehead atoms. The smallest absolute Gasteiger partial charge is 0.359 e. The third-order valence-electron chi connectivity index (χ3n) is 3.51. The van der Waals surface area contributed by atoms with Crippen LogP contribution in [0.3, 0.4) is 0 Å². The lowest BCUT2D eigenvalue weighted by Gasteiger charge is -2.43. The van der Waals surface area contributed by atoms with Crippen molar-refractivity contribution in [2.75, 3.05) is 13.1 Å². The Morgan fingerprint density at radius 2 is 2.08 bits per heavy atom. The molecule has 1 N–H and O–H groups in total. The fourth-order valence-electron chi connectivity index (χ4n) is 2.67. The van der Waals surface area contributed by atoms with E-state index in [9.17, 15) is 18.0 Å². The molecule has 2 amide bonds. The first-order valence-electron chi connectivity index (χ1n) is 7.55. The van der Waals surface area contributed by atoms with Crippen molar-refractivity contribution >= 4 is 6.03 Å². The minimum atomic E-state index is -4.52. The van der Waals surface area contributed by atoms with E-state index in [0.717, 1.165) is 10.6 Å². The van der Waals surface area contributed by atoms with Crippen LogP contribution in [0.25, 0.3) is 0 Å². The van der Waals surface area contributed by atoms with Crippen LogP contribution in [0, 0.1) is 13.8 Å². The molecule has 1 aromatic heterocycles. The molecule has 0 unspecified atom stereocenters. The van der Waals surface area contributed by atoms with Gasteiger partial charge in [0.15, 0.2) is 6.10 Å². The maximum absolute atomic E-state index is 13.0. The lowest BCUT2D eigenvalue weighted by atomic mass is 10.1. The summed E-state index contributed by atoms with van der Waals surface area (Å²) in [7, 11) is 0. The highest BCUT2D eigenvalue weighted by molar-refractivity contribution is 5.74. The number of morpholine rings is 1. The van der Waals surface area contributed by atoms with Crippen molar-refractivity contribution in [1.82, 2.24) is 20.2 Å². The number of carbonyl (C=O) groups is 1. The van der Waals surface area contributed by atoms with Crippen LogP contribution >= 0.6 is 0 Å². The minimum absolute atomic E-state index is 0.0766. The number of halogens is 3. The number of urea groups is 1. The summed E-state index contributed by atoms with van der Waals surface area (Å²) in [6.07, 6.45) is -6.51. The average molecular weight is 346 g/mol. The van der Waals surface area contributed by atoms with Gasteiger partial charge in [0, 0.05) is 5.69 Å². The van der Waals surface area contributed by atoms with Gasteiger partial charge in [0.25, 0.3) is 0 Å². The molecule has 2 heterocycles. The predicted octanol–water partition coefficient (Wildman–Crippen LogP) is 2.34. The van der Waals surface area contributed by atoms with Crippen molar-refractivity contribution in [3.63, 3.8) is 0 Å². The SMILES string of the molecule is Cc1cc(CNC(=O)N2C[C@H](C(F)(F)F)OC(C)(C)C2)nc(C)n1. The first-order valence-corrected chi connectivity index (χ1v) is 7.55. The zero-order chi connectivity index (χ0) is 18.1. The van der Waals surface area contributed by atoms with E-state index in [2.05, 4.69) is 15.3 Å². The molecule has 1 aliphatic rings. The second-order valence-corrected chi connectivity index (χ2v) is 6.49. The lowest BCUT2D eigenvalue weighted by Crippen LogP contribution is -2.60. The Morgan fingerprint density at radius 1 is 1.42 bits per heavy atom. The van der Waals surface area contributed by atoms with Crippen molar-refractivity contribution in [3.05, 3.63) is 23.3 Å². The molecule has 1 saturated heterocycles. The maximum atomic E-state index is 13.0. The van der Waals surface area contributed by atoms with E-state index < -0.39 is 30.5 Å². The zero-order valence-electron chi connectivity index (χ0n) is 14.1. The number of hydrogen-bond acceptors (Lipinski definition) is 4. The minimum Gasteiger partial charge on any atom is -0.359 e. The highest BCUT2D eigenvalue weighted by Crippen LogP contribution is 2.31. The number of hydrogen-bond donors (Lipinski definition) is 1. The van der Waals surface area contributed by atoms with Gasteiger partial charge in [0.1, 0.15) is 5.82 Å². The Bertz CT molecular complexity index is 599. The molecule has 6 nitrogen and oxygen atoms in total. The summed E-state index contributed by atoms with van der Waals surface area (Å²) in [4.78, 5) is 21.7. The van der Waals surface area contributed by atoms with Crippen molar-refractivity contribution in [2.45, 2.75) is 52.1 Å². The second kappa shape index (κ2) is 6.54. The summed E-state index contributed by atoms with van der Waals surface area (Å²) < 4.78 is 43.9. The third kappa shape index (κ3) is 4.80. The van der Waals surface area contributed by atoms with Crippen LogP contribution in [0.1, 0.15) is 31.1 Å². The molecule has 134 valence electrons. The summed E-state index contributed by atoms with van der Waals surface area (Å²) in [5, 5.41) is 2.61. The van der Waals surface area contributed by atoms with E-state index >= 15 is 0 Å². The van der Waals surface area contributed by atoms with E-state index in [1.54, 1.807) is 19.9 Å². The third-order valence-corrected chi connectivity index (χ3v) is 3.51. The summed E-state index contributed by atoms with van der Waals surface area (Å²) in [5.74, 6) is 0.573. The fourth-order valence-corrected chi connectivity index (χ4v) is 2.67. The van der Waals surface area contributed by atoms with E-state index in [1.165, 1.54) is 13.8 Å². The molecular weight excluding hydrogens is 325 g/mol. The number of rotatable bonds is 2. The molecule has 0 aromatic carbocycles. The molecule has 1 fully saturated rings. The van der Waals surface area contributed by atoms with E-state index in [1.807, 2.05) is 0 Å².